The SMILES string of the molecule is CC(C)(C)OC(=O)N1CC[C@@H](OCc2c(-c3ccccc3OC(F)(F)F)noc2C2CC2)[C@H](F)C1. The van der Waals surface area contributed by atoms with E-state index < -0.39 is 36.1 Å². The Morgan fingerprint density at radius 3 is 2.51 bits per heavy atom. The minimum atomic E-state index is -4.88. The van der Waals surface area contributed by atoms with Gasteiger partial charge in [0.05, 0.1) is 19.3 Å². The summed E-state index contributed by atoms with van der Waals surface area (Å²) in [6.45, 7) is 5.20. The lowest BCUT2D eigenvalue weighted by atomic mass is 10.0. The lowest BCUT2D eigenvalue weighted by Gasteiger charge is -2.35. The Morgan fingerprint density at radius 1 is 1.17 bits per heavy atom. The number of ether oxygens (including phenoxy) is 3. The molecule has 2 atom stereocenters. The monoisotopic (exact) mass is 500 g/mol. The Balaban J connectivity index is 1.49. The van der Waals surface area contributed by atoms with Gasteiger partial charge in [0.15, 0.2) is 0 Å². The van der Waals surface area contributed by atoms with Crippen molar-refractivity contribution >= 4 is 6.09 Å². The first kappa shape index (κ1) is 25.3. The molecule has 1 saturated carbocycles. The van der Waals surface area contributed by atoms with Crippen LogP contribution in [0.25, 0.3) is 11.3 Å². The summed E-state index contributed by atoms with van der Waals surface area (Å²) in [7, 11) is 0. The zero-order chi connectivity index (χ0) is 25.4. The Kier molecular flexibility index (Phi) is 6.99. The van der Waals surface area contributed by atoms with Gasteiger partial charge in [0.2, 0.25) is 0 Å². The van der Waals surface area contributed by atoms with Crippen molar-refractivity contribution in [2.75, 3.05) is 13.1 Å². The lowest BCUT2D eigenvalue weighted by Crippen LogP contribution is -2.49. The molecule has 0 radical (unpaired) electrons. The maximum atomic E-state index is 14.9. The molecule has 0 bridgehead atoms. The predicted octanol–water partition coefficient (Wildman–Crippen LogP) is 5.98. The number of halogens is 4. The summed E-state index contributed by atoms with van der Waals surface area (Å²) in [6, 6.07) is 5.65. The van der Waals surface area contributed by atoms with Gasteiger partial charge in [-0.05, 0) is 52.2 Å². The summed E-state index contributed by atoms with van der Waals surface area (Å²) in [5, 5.41) is 4.02. The molecule has 2 aliphatic rings. The molecule has 1 amide bonds. The van der Waals surface area contributed by atoms with E-state index in [1.54, 1.807) is 26.8 Å². The van der Waals surface area contributed by atoms with Gasteiger partial charge in [-0.1, -0.05) is 17.3 Å². The molecule has 0 unspecified atom stereocenters. The van der Waals surface area contributed by atoms with Crippen LogP contribution in [0.4, 0.5) is 22.4 Å². The molecule has 1 aliphatic carbocycles. The number of aromatic nitrogens is 1. The van der Waals surface area contributed by atoms with Crippen LogP contribution in [0.3, 0.4) is 0 Å². The standard InChI is InChI=1S/C24H28F4N2O5/c1-23(2,3)34-22(31)30-11-10-19(17(25)12-30)32-13-16-20(29-35-21(16)14-8-9-14)15-6-4-5-7-18(15)33-24(26,27)28/h4-7,14,17,19H,8-13H2,1-3H3/t17-,19-/m1/s1. The largest absolute Gasteiger partial charge is 0.573 e. The smallest absolute Gasteiger partial charge is 0.444 e. The molecular formula is C24H28F4N2O5. The van der Waals surface area contributed by atoms with E-state index >= 15 is 0 Å². The summed E-state index contributed by atoms with van der Waals surface area (Å²) < 4.78 is 74.5. The highest BCUT2D eigenvalue weighted by molar-refractivity contribution is 5.70. The highest BCUT2D eigenvalue weighted by Crippen LogP contribution is 2.45. The summed E-state index contributed by atoms with van der Waals surface area (Å²) in [5.74, 6) is 0.218. The predicted molar refractivity (Wildman–Crippen MR) is 116 cm³/mol. The Morgan fingerprint density at radius 2 is 1.89 bits per heavy atom. The lowest BCUT2D eigenvalue weighted by molar-refractivity contribution is -0.274. The van der Waals surface area contributed by atoms with Crippen LogP contribution in [0.15, 0.2) is 28.8 Å². The van der Waals surface area contributed by atoms with Crippen molar-refractivity contribution in [3.05, 3.63) is 35.6 Å². The average Bonchev–Trinajstić information content (AvgIpc) is 3.50. The molecule has 2 aromatic rings. The Hall–Kier alpha value is -2.82. The third kappa shape index (κ3) is 6.45. The van der Waals surface area contributed by atoms with Crippen LogP contribution in [0.2, 0.25) is 0 Å². The van der Waals surface area contributed by atoms with Crippen molar-refractivity contribution in [3.63, 3.8) is 0 Å². The third-order valence-corrected chi connectivity index (χ3v) is 5.71. The second-order valence-corrected chi connectivity index (χ2v) is 9.77. The van der Waals surface area contributed by atoms with E-state index in [0.29, 0.717) is 11.3 Å². The van der Waals surface area contributed by atoms with Crippen LogP contribution in [-0.2, 0) is 16.1 Å². The van der Waals surface area contributed by atoms with Crippen LogP contribution in [0.5, 0.6) is 5.75 Å². The zero-order valence-corrected chi connectivity index (χ0v) is 19.7. The highest BCUT2D eigenvalue weighted by Gasteiger charge is 2.38. The number of piperidine rings is 1. The van der Waals surface area contributed by atoms with Crippen LogP contribution in [0, 0.1) is 0 Å². The first-order valence-electron chi connectivity index (χ1n) is 11.5. The zero-order valence-electron chi connectivity index (χ0n) is 19.7. The van der Waals surface area contributed by atoms with Gasteiger partial charge in [-0.25, -0.2) is 9.18 Å². The summed E-state index contributed by atoms with van der Waals surface area (Å²) >= 11 is 0. The van der Waals surface area contributed by atoms with E-state index in [0.717, 1.165) is 12.8 Å². The highest BCUT2D eigenvalue weighted by atomic mass is 19.4. The van der Waals surface area contributed by atoms with Crippen molar-refractivity contribution in [2.24, 2.45) is 0 Å². The number of nitrogens with zero attached hydrogens (tertiary/aromatic N) is 2. The number of hydrogen-bond donors (Lipinski definition) is 0. The Bertz CT molecular complexity index is 1050. The molecule has 192 valence electrons. The molecule has 1 aliphatic heterocycles. The quantitative estimate of drug-likeness (QED) is 0.454. The minimum absolute atomic E-state index is 0.0947. The van der Waals surface area contributed by atoms with Gasteiger partial charge in [-0.15, -0.1) is 13.2 Å². The van der Waals surface area contributed by atoms with Gasteiger partial charge in [0, 0.05) is 23.6 Å². The fraction of sp³-hybridized carbons (Fsp3) is 0.583. The number of benzene rings is 1. The van der Waals surface area contributed by atoms with Crippen molar-refractivity contribution < 1.29 is 41.1 Å². The molecule has 35 heavy (non-hydrogen) atoms. The molecule has 0 N–H and O–H groups in total. The van der Waals surface area contributed by atoms with Crippen LogP contribution >= 0.6 is 0 Å². The Labute approximate surface area is 200 Å². The van der Waals surface area contributed by atoms with Gasteiger partial charge in [-0.3, -0.25) is 0 Å². The molecule has 1 aromatic carbocycles. The van der Waals surface area contributed by atoms with E-state index in [1.807, 2.05) is 0 Å². The first-order valence-corrected chi connectivity index (χ1v) is 11.5. The molecule has 11 heteroatoms. The number of hydrogen-bond acceptors (Lipinski definition) is 6. The van der Waals surface area contributed by atoms with Crippen LogP contribution in [-0.4, -0.2) is 53.5 Å². The number of amides is 1. The normalized spacial score (nSPS) is 21.2. The number of rotatable bonds is 6. The fourth-order valence-electron chi connectivity index (χ4n) is 3.97. The maximum Gasteiger partial charge on any atom is 0.573 e. The van der Waals surface area contributed by atoms with Gasteiger partial charge in [0.25, 0.3) is 0 Å². The number of alkyl halides is 4. The van der Waals surface area contributed by atoms with Crippen LogP contribution < -0.4 is 4.74 Å². The van der Waals surface area contributed by atoms with Crippen LogP contribution in [0.1, 0.15) is 57.3 Å². The van der Waals surface area contributed by atoms with Crippen molar-refractivity contribution in [1.29, 1.82) is 0 Å². The fourth-order valence-corrected chi connectivity index (χ4v) is 3.97. The average molecular weight is 500 g/mol. The molecule has 0 spiro atoms. The number of carbonyl (C=O) groups is 1. The number of para-hydroxylation sites is 1. The van der Waals surface area contributed by atoms with E-state index in [2.05, 4.69) is 9.89 Å². The van der Waals surface area contributed by atoms with Gasteiger partial charge < -0.3 is 23.6 Å². The molecule has 7 nitrogen and oxygen atoms in total. The summed E-state index contributed by atoms with van der Waals surface area (Å²) in [4.78, 5) is 13.6. The molecular weight excluding hydrogens is 472 g/mol. The van der Waals surface area contributed by atoms with Crippen molar-refractivity contribution in [1.82, 2.24) is 10.1 Å². The van der Waals surface area contributed by atoms with Crippen molar-refractivity contribution in [2.45, 2.75) is 76.8 Å². The van der Waals surface area contributed by atoms with E-state index in [4.69, 9.17) is 14.0 Å². The van der Waals surface area contributed by atoms with E-state index in [9.17, 15) is 22.4 Å². The molecule has 1 saturated heterocycles. The second-order valence-electron chi connectivity index (χ2n) is 9.77. The van der Waals surface area contributed by atoms with Gasteiger partial charge in [0.1, 0.15) is 29.0 Å². The molecule has 2 fully saturated rings. The topological polar surface area (TPSA) is 74.0 Å². The van der Waals surface area contributed by atoms with Gasteiger partial charge >= 0.3 is 12.5 Å². The maximum absolute atomic E-state index is 14.9. The minimum Gasteiger partial charge on any atom is -0.444 e. The van der Waals surface area contributed by atoms with E-state index in [-0.39, 0.29) is 43.3 Å². The van der Waals surface area contributed by atoms with Gasteiger partial charge in [-0.2, -0.15) is 0 Å². The number of likely N-dealkylation sites (tertiary alicyclic amines) is 1. The first-order chi connectivity index (χ1) is 16.4. The summed E-state index contributed by atoms with van der Waals surface area (Å²) in [6.07, 6.45) is -5.75. The number of carbonyl (C=O) groups excluding carboxylic acids is 1. The molecule has 4 rings (SSSR count). The molecule has 2 heterocycles. The summed E-state index contributed by atoms with van der Waals surface area (Å²) in [5.41, 5.74) is 0.0724. The second kappa shape index (κ2) is 9.67. The van der Waals surface area contributed by atoms with Crippen molar-refractivity contribution in [3.8, 4) is 17.0 Å². The van der Waals surface area contributed by atoms with E-state index in [1.165, 1.54) is 23.1 Å². The molecule has 1 aromatic heterocycles. The third-order valence-electron chi connectivity index (χ3n) is 5.71.